The zero-order chi connectivity index (χ0) is 13.6. The van der Waals surface area contributed by atoms with Gasteiger partial charge in [-0.1, -0.05) is 43.0 Å². The molecule has 2 rings (SSSR count). The number of hydrogen-bond acceptors (Lipinski definition) is 2. The van der Waals surface area contributed by atoms with Crippen LogP contribution in [0.25, 0.3) is 0 Å². The van der Waals surface area contributed by atoms with Gasteiger partial charge in [-0.05, 0) is 43.5 Å². The van der Waals surface area contributed by atoms with Gasteiger partial charge >= 0.3 is 0 Å². The van der Waals surface area contributed by atoms with E-state index in [4.69, 9.17) is 11.6 Å². The van der Waals surface area contributed by atoms with Crippen molar-refractivity contribution in [2.45, 2.75) is 38.5 Å². The molecule has 0 radical (unpaired) electrons. The number of aliphatic hydroxyl groups is 1. The summed E-state index contributed by atoms with van der Waals surface area (Å²) >= 11 is 5.87. The molecule has 19 heavy (non-hydrogen) atoms. The highest BCUT2D eigenvalue weighted by Crippen LogP contribution is 2.35. The molecule has 1 aromatic rings. The van der Waals surface area contributed by atoms with Crippen molar-refractivity contribution in [3.05, 3.63) is 34.9 Å². The maximum atomic E-state index is 9.63. The Morgan fingerprint density at radius 1 is 1.11 bits per heavy atom. The first-order valence-electron chi connectivity index (χ1n) is 7.30. The van der Waals surface area contributed by atoms with Crippen molar-refractivity contribution in [2.24, 2.45) is 5.41 Å². The fourth-order valence-electron chi connectivity index (χ4n) is 2.93. The third-order valence-corrected chi connectivity index (χ3v) is 4.51. The van der Waals surface area contributed by atoms with Crippen LogP contribution in [0.4, 0.5) is 0 Å². The molecule has 106 valence electrons. The maximum Gasteiger partial charge on any atom is 0.0499 e. The molecule has 2 nitrogen and oxygen atoms in total. The van der Waals surface area contributed by atoms with E-state index in [0.29, 0.717) is 6.61 Å². The summed E-state index contributed by atoms with van der Waals surface area (Å²) in [7, 11) is 0. The second-order valence-electron chi connectivity index (χ2n) is 5.77. The predicted molar refractivity (Wildman–Crippen MR) is 80.6 cm³/mol. The minimum Gasteiger partial charge on any atom is -0.396 e. The van der Waals surface area contributed by atoms with Gasteiger partial charge in [0.05, 0.1) is 0 Å². The van der Waals surface area contributed by atoms with E-state index in [1.807, 2.05) is 12.1 Å². The predicted octanol–water partition coefficient (Wildman–Crippen LogP) is 3.41. The van der Waals surface area contributed by atoms with Crippen molar-refractivity contribution in [1.29, 1.82) is 0 Å². The first kappa shape index (κ1) is 14.8. The fraction of sp³-hybridized carbons (Fsp3) is 0.625. The molecule has 0 amide bonds. The van der Waals surface area contributed by atoms with Gasteiger partial charge < -0.3 is 10.4 Å². The van der Waals surface area contributed by atoms with E-state index in [2.05, 4.69) is 17.4 Å². The summed E-state index contributed by atoms with van der Waals surface area (Å²) in [6, 6.07) is 8.03. The van der Waals surface area contributed by atoms with Gasteiger partial charge in [0.25, 0.3) is 0 Å². The zero-order valence-corrected chi connectivity index (χ0v) is 12.3. The second kappa shape index (κ2) is 7.28. The molecule has 0 aromatic heterocycles. The van der Waals surface area contributed by atoms with Crippen molar-refractivity contribution in [1.82, 2.24) is 5.32 Å². The molecule has 0 heterocycles. The summed E-state index contributed by atoms with van der Waals surface area (Å²) in [6.45, 7) is 2.22. The summed E-state index contributed by atoms with van der Waals surface area (Å²) in [5.41, 5.74) is 1.44. The van der Waals surface area contributed by atoms with Crippen molar-refractivity contribution < 1.29 is 5.11 Å². The van der Waals surface area contributed by atoms with Crippen molar-refractivity contribution in [3.8, 4) is 0 Å². The standard InChI is InChI=1S/C16H24ClNO/c17-15-6-4-14(5-7-15)8-11-18-12-16(13-19)9-2-1-3-10-16/h4-7,18-19H,1-3,8-13H2. The molecular weight excluding hydrogens is 258 g/mol. The highest BCUT2D eigenvalue weighted by Gasteiger charge is 2.30. The molecule has 0 saturated heterocycles. The first-order chi connectivity index (χ1) is 9.24. The van der Waals surface area contributed by atoms with Crippen LogP contribution in [0.2, 0.25) is 5.02 Å². The van der Waals surface area contributed by atoms with E-state index >= 15 is 0 Å². The van der Waals surface area contributed by atoms with Gasteiger partial charge in [0.2, 0.25) is 0 Å². The summed E-state index contributed by atoms with van der Waals surface area (Å²) in [5, 5.41) is 13.9. The van der Waals surface area contributed by atoms with E-state index in [1.165, 1.54) is 24.8 Å². The number of rotatable bonds is 6. The largest absolute Gasteiger partial charge is 0.396 e. The number of hydrogen-bond donors (Lipinski definition) is 2. The lowest BCUT2D eigenvalue weighted by Crippen LogP contribution is -2.39. The molecular formula is C16H24ClNO. The van der Waals surface area contributed by atoms with Gasteiger partial charge in [0, 0.05) is 23.6 Å². The third kappa shape index (κ3) is 4.48. The Hall–Kier alpha value is -0.570. The van der Waals surface area contributed by atoms with E-state index in [9.17, 15) is 5.11 Å². The Labute approximate surface area is 121 Å². The second-order valence-corrected chi connectivity index (χ2v) is 6.21. The molecule has 0 bridgehead atoms. The molecule has 1 aliphatic carbocycles. The zero-order valence-electron chi connectivity index (χ0n) is 11.5. The molecule has 1 fully saturated rings. The van der Waals surface area contributed by atoms with Crippen LogP contribution in [-0.4, -0.2) is 24.8 Å². The average molecular weight is 282 g/mol. The van der Waals surface area contributed by atoms with Crippen LogP contribution >= 0.6 is 11.6 Å². The van der Waals surface area contributed by atoms with Gasteiger partial charge in [-0.25, -0.2) is 0 Å². The topological polar surface area (TPSA) is 32.3 Å². The highest BCUT2D eigenvalue weighted by atomic mass is 35.5. The number of halogens is 1. The monoisotopic (exact) mass is 281 g/mol. The van der Waals surface area contributed by atoms with Crippen molar-refractivity contribution in [2.75, 3.05) is 19.7 Å². The normalized spacial score (nSPS) is 18.4. The quantitative estimate of drug-likeness (QED) is 0.783. The molecule has 1 aromatic carbocycles. The Morgan fingerprint density at radius 3 is 2.42 bits per heavy atom. The lowest BCUT2D eigenvalue weighted by molar-refractivity contribution is 0.0816. The summed E-state index contributed by atoms with van der Waals surface area (Å²) in [6.07, 6.45) is 7.19. The number of nitrogens with one attached hydrogen (secondary N) is 1. The van der Waals surface area contributed by atoms with Gasteiger partial charge in [0.1, 0.15) is 0 Å². The molecule has 2 N–H and O–H groups in total. The van der Waals surface area contributed by atoms with E-state index in [0.717, 1.165) is 37.4 Å². The minimum absolute atomic E-state index is 0.137. The van der Waals surface area contributed by atoms with Crippen molar-refractivity contribution >= 4 is 11.6 Å². The van der Waals surface area contributed by atoms with Crippen LogP contribution in [0.5, 0.6) is 0 Å². The summed E-state index contributed by atoms with van der Waals surface area (Å²) in [5.74, 6) is 0. The number of aliphatic hydroxyl groups excluding tert-OH is 1. The lowest BCUT2D eigenvalue weighted by Gasteiger charge is -2.35. The van der Waals surface area contributed by atoms with Crippen LogP contribution in [0.3, 0.4) is 0 Å². The smallest absolute Gasteiger partial charge is 0.0499 e. The SMILES string of the molecule is OCC1(CNCCc2ccc(Cl)cc2)CCCCC1. The molecule has 0 unspecified atom stereocenters. The van der Waals surface area contributed by atoms with Crippen LogP contribution in [0.15, 0.2) is 24.3 Å². The van der Waals surface area contributed by atoms with Crippen LogP contribution in [-0.2, 0) is 6.42 Å². The van der Waals surface area contributed by atoms with Crippen molar-refractivity contribution in [3.63, 3.8) is 0 Å². The van der Waals surface area contributed by atoms with Crippen LogP contribution in [0.1, 0.15) is 37.7 Å². The molecule has 0 spiro atoms. The average Bonchev–Trinajstić information content (AvgIpc) is 2.46. The van der Waals surface area contributed by atoms with E-state index < -0.39 is 0 Å². The first-order valence-corrected chi connectivity index (χ1v) is 7.68. The van der Waals surface area contributed by atoms with Crippen LogP contribution in [0, 0.1) is 5.41 Å². The van der Waals surface area contributed by atoms with Crippen LogP contribution < -0.4 is 5.32 Å². The molecule has 0 atom stereocenters. The molecule has 0 aliphatic heterocycles. The maximum absolute atomic E-state index is 9.63. The summed E-state index contributed by atoms with van der Waals surface area (Å²) < 4.78 is 0. The minimum atomic E-state index is 0.137. The highest BCUT2D eigenvalue weighted by molar-refractivity contribution is 6.30. The third-order valence-electron chi connectivity index (χ3n) is 4.25. The van der Waals surface area contributed by atoms with Gasteiger partial charge in [0.15, 0.2) is 0 Å². The molecule has 3 heteroatoms. The van der Waals surface area contributed by atoms with Gasteiger partial charge in [-0.15, -0.1) is 0 Å². The number of benzene rings is 1. The Morgan fingerprint density at radius 2 is 1.79 bits per heavy atom. The van der Waals surface area contributed by atoms with Gasteiger partial charge in [-0.3, -0.25) is 0 Å². The summed E-state index contributed by atoms with van der Waals surface area (Å²) in [4.78, 5) is 0. The van der Waals surface area contributed by atoms with E-state index in [1.54, 1.807) is 0 Å². The Balaban J connectivity index is 1.72. The lowest BCUT2D eigenvalue weighted by atomic mass is 9.74. The Bertz CT molecular complexity index is 371. The molecule has 1 aliphatic rings. The molecule has 1 saturated carbocycles. The van der Waals surface area contributed by atoms with E-state index in [-0.39, 0.29) is 5.41 Å². The van der Waals surface area contributed by atoms with Gasteiger partial charge in [-0.2, -0.15) is 0 Å². The Kier molecular flexibility index (Phi) is 5.68. The fourth-order valence-corrected chi connectivity index (χ4v) is 3.06.